The smallest absolute Gasteiger partial charge is 0.381 e. The van der Waals surface area contributed by atoms with Gasteiger partial charge < -0.3 is 14.9 Å². The Labute approximate surface area is 97.6 Å². The van der Waals surface area contributed by atoms with Crippen molar-refractivity contribution in [3.05, 3.63) is 30.1 Å². The lowest BCUT2D eigenvalue weighted by molar-refractivity contribution is -0.130. The first-order valence-electron chi connectivity index (χ1n) is 4.86. The lowest BCUT2D eigenvalue weighted by atomic mass is 10.2. The summed E-state index contributed by atoms with van der Waals surface area (Å²) in [4.78, 5) is 10.1. The molecule has 0 saturated heterocycles. The molecule has 1 aromatic rings. The van der Waals surface area contributed by atoms with Gasteiger partial charge in [-0.15, -0.1) is 0 Å². The summed E-state index contributed by atoms with van der Waals surface area (Å²) in [6, 6.07) is 5.36. The number of aliphatic hydroxyl groups is 1. The van der Waals surface area contributed by atoms with E-state index in [0.717, 1.165) is 0 Å². The molecule has 90 valence electrons. The third kappa shape index (κ3) is 5.54. The van der Waals surface area contributed by atoms with Crippen molar-refractivity contribution in [3.63, 3.8) is 0 Å². The fraction of sp³-hybridized carbons (Fsp3) is 0.250. The molecular weight excluding hydrogens is 227 g/mol. The van der Waals surface area contributed by atoms with Crippen LogP contribution in [-0.4, -0.2) is 28.9 Å². The normalized spacial score (nSPS) is 11.2. The standard InChI is InChI=1S/C12H11FO4/c13-9-4-6-11(7-5-9)17-8-10(14)2-1-3-12(15)16/h4-7,10,14H,2,8H2,(H,15,16)/t10-/m0/s1. The number of aliphatic carboxylic acids is 1. The summed E-state index contributed by atoms with van der Waals surface area (Å²) in [6.45, 7) is -0.0278. The van der Waals surface area contributed by atoms with Crippen molar-refractivity contribution in [2.24, 2.45) is 0 Å². The molecule has 0 saturated carbocycles. The van der Waals surface area contributed by atoms with Crippen LogP contribution in [0.4, 0.5) is 4.39 Å². The molecule has 0 bridgehead atoms. The Morgan fingerprint density at radius 2 is 2.06 bits per heavy atom. The Kier molecular flexibility index (Phi) is 4.98. The summed E-state index contributed by atoms with van der Waals surface area (Å²) in [5, 5.41) is 17.6. The molecule has 0 aliphatic carbocycles. The summed E-state index contributed by atoms with van der Waals surface area (Å²) in [5.41, 5.74) is 0. The minimum absolute atomic E-state index is 0.00744. The van der Waals surface area contributed by atoms with Gasteiger partial charge in [-0.1, -0.05) is 5.92 Å². The first-order chi connectivity index (χ1) is 8.08. The van der Waals surface area contributed by atoms with Crippen LogP contribution in [0.5, 0.6) is 5.75 Å². The van der Waals surface area contributed by atoms with Gasteiger partial charge in [0.05, 0.1) is 6.10 Å². The second-order valence-electron chi connectivity index (χ2n) is 3.23. The highest BCUT2D eigenvalue weighted by Crippen LogP contribution is 2.11. The topological polar surface area (TPSA) is 66.8 Å². The van der Waals surface area contributed by atoms with E-state index in [9.17, 15) is 14.3 Å². The minimum Gasteiger partial charge on any atom is -0.491 e. The van der Waals surface area contributed by atoms with Crippen LogP contribution in [0.15, 0.2) is 24.3 Å². The molecule has 0 aromatic heterocycles. The number of halogens is 1. The van der Waals surface area contributed by atoms with E-state index in [4.69, 9.17) is 9.84 Å². The highest BCUT2D eigenvalue weighted by molar-refractivity contribution is 5.86. The fourth-order valence-corrected chi connectivity index (χ4v) is 1.03. The van der Waals surface area contributed by atoms with Gasteiger partial charge in [-0.2, -0.15) is 0 Å². The van der Waals surface area contributed by atoms with Gasteiger partial charge in [-0.25, -0.2) is 9.18 Å². The van der Waals surface area contributed by atoms with E-state index in [0.29, 0.717) is 5.75 Å². The van der Waals surface area contributed by atoms with Gasteiger partial charge in [0.1, 0.15) is 18.2 Å². The zero-order valence-corrected chi connectivity index (χ0v) is 8.89. The van der Waals surface area contributed by atoms with Crippen molar-refractivity contribution in [3.8, 4) is 17.6 Å². The van der Waals surface area contributed by atoms with Crippen LogP contribution in [0.25, 0.3) is 0 Å². The van der Waals surface area contributed by atoms with Crippen molar-refractivity contribution < 1.29 is 24.1 Å². The average molecular weight is 238 g/mol. The predicted molar refractivity (Wildman–Crippen MR) is 57.9 cm³/mol. The summed E-state index contributed by atoms with van der Waals surface area (Å²) in [6.07, 6.45) is -0.875. The van der Waals surface area contributed by atoms with Gasteiger partial charge in [0.25, 0.3) is 0 Å². The number of hydrogen-bond acceptors (Lipinski definition) is 3. The molecule has 0 heterocycles. The van der Waals surface area contributed by atoms with E-state index in [1.54, 1.807) is 0 Å². The molecule has 1 aromatic carbocycles. The van der Waals surface area contributed by atoms with Crippen LogP contribution in [0, 0.1) is 17.7 Å². The number of benzene rings is 1. The molecule has 0 unspecified atom stereocenters. The highest BCUT2D eigenvalue weighted by Gasteiger charge is 2.03. The Balaban J connectivity index is 2.33. The van der Waals surface area contributed by atoms with E-state index in [1.165, 1.54) is 24.3 Å². The van der Waals surface area contributed by atoms with Crippen molar-refractivity contribution >= 4 is 5.97 Å². The first-order valence-corrected chi connectivity index (χ1v) is 4.86. The summed E-state index contributed by atoms with van der Waals surface area (Å²) in [5.74, 6) is 2.99. The number of carboxylic acids is 1. The number of rotatable bonds is 4. The number of ether oxygens (including phenoxy) is 1. The molecular formula is C12H11FO4. The molecule has 1 atom stereocenters. The highest BCUT2D eigenvalue weighted by atomic mass is 19.1. The number of aliphatic hydroxyl groups excluding tert-OH is 1. The van der Waals surface area contributed by atoms with Gasteiger partial charge in [-0.05, 0) is 24.3 Å². The molecule has 0 spiro atoms. The summed E-state index contributed by atoms with van der Waals surface area (Å²) >= 11 is 0. The maximum atomic E-state index is 12.5. The van der Waals surface area contributed by atoms with Crippen LogP contribution in [0.3, 0.4) is 0 Å². The zero-order chi connectivity index (χ0) is 12.7. The quantitative estimate of drug-likeness (QED) is 0.769. The van der Waals surface area contributed by atoms with Crippen molar-refractivity contribution in [1.29, 1.82) is 0 Å². The lowest BCUT2D eigenvalue weighted by Gasteiger charge is -2.09. The molecule has 17 heavy (non-hydrogen) atoms. The molecule has 0 amide bonds. The predicted octanol–water partition coefficient (Wildman–Crippen LogP) is 1.04. The maximum Gasteiger partial charge on any atom is 0.381 e. The first kappa shape index (κ1) is 13.0. The van der Waals surface area contributed by atoms with E-state index in [-0.39, 0.29) is 18.8 Å². The third-order valence-electron chi connectivity index (χ3n) is 1.79. The lowest BCUT2D eigenvalue weighted by Crippen LogP contribution is -2.16. The van der Waals surface area contributed by atoms with Crippen LogP contribution in [0.2, 0.25) is 0 Å². The maximum absolute atomic E-state index is 12.5. The molecule has 0 aliphatic rings. The van der Waals surface area contributed by atoms with Crippen LogP contribution < -0.4 is 4.74 Å². The number of hydrogen-bond donors (Lipinski definition) is 2. The Morgan fingerprint density at radius 1 is 1.41 bits per heavy atom. The largest absolute Gasteiger partial charge is 0.491 e. The molecule has 4 nitrogen and oxygen atoms in total. The molecule has 2 N–H and O–H groups in total. The molecule has 0 aliphatic heterocycles. The van der Waals surface area contributed by atoms with Gasteiger partial charge in [0.15, 0.2) is 0 Å². The van der Waals surface area contributed by atoms with E-state index >= 15 is 0 Å². The number of carbonyl (C=O) groups is 1. The van der Waals surface area contributed by atoms with Crippen LogP contribution in [-0.2, 0) is 4.79 Å². The molecule has 0 radical (unpaired) electrons. The van der Waals surface area contributed by atoms with Crippen LogP contribution in [0.1, 0.15) is 6.42 Å². The Hall–Kier alpha value is -2.06. The van der Waals surface area contributed by atoms with Crippen molar-refractivity contribution in [1.82, 2.24) is 0 Å². The monoisotopic (exact) mass is 238 g/mol. The molecule has 0 fully saturated rings. The second-order valence-corrected chi connectivity index (χ2v) is 3.23. The molecule has 1 rings (SSSR count). The van der Waals surface area contributed by atoms with E-state index in [2.05, 4.69) is 5.92 Å². The Bertz CT molecular complexity index is 430. The van der Waals surface area contributed by atoms with Crippen molar-refractivity contribution in [2.45, 2.75) is 12.5 Å². The Morgan fingerprint density at radius 3 is 2.65 bits per heavy atom. The third-order valence-corrected chi connectivity index (χ3v) is 1.79. The fourth-order valence-electron chi connectivity index (χ4n) is 1.03. The average Bonchev–Trinajstić information content (AvgIpc) is 2.28. The summed E-state index contributed by atoms with van der Waals surface area (Å²) in [7, 11) is 0. The van der Waals surface area contributed by atoms with Crippen molar-refractivity contribution in [2.75, 3.05) is 6.61 Å². The van der Waals surface area contributed by atoms with E-state index in [1.807, 2.05) is 5.92 Å². The van der Waals surface area contributed by atoms with Gasteiger partial charge in [0.2, 0.25) is 0 Å². The summed E-state index contributed by atoms with van der Waals surface area (Å²) < 4.78 is 17.7. The second kappa shape index (κ2) is 6.51. The van der Waals surface area contributed by atoms with Crippen LogP contribution >= 0.6 is 0 Å². The van der Waals surface area contributed by atoms with Gasteiger partial charge >= 0.3 is 5.97 Å². The zero-order valence-electron chi connectivity index (χ0n) is 8.89. The van der Waals surface area contributed by atoms with Gasteiger partial charge in [-0.3, -0.25) is 0 Å². The minimum atomic E-state index is -1.24. The number of carboxylic acid groups (broad SMARTS) is 1. The molecule has 5 heteroatoms. The van der Waals surface area contributed by atoms with Gasteiger partial charge in [0, 0.05) is 12.3 Å². The van der Waals surface area contributed by atoms with E-state index < -0.39 is 12.1 Å². The SMILES string of the molecule is O=C(O)C#CC[C@H](O)COc1ccc(F)cc1.